The maximum Gasteiger partial charge on any atom is 0.116 e. The zero-order valence-corrected chi connectivity index (χ0v) is 6.65. The summed E-state index contributed by atoms with van der Waals surface area (Å²) in [7, 11) is -0.196. The first-order valence-electron chi connectivity index (χ1n) is 2.77. The fourth-order valence-electron chi connectivity index (χ4n) is 0.811. The van der Waals surface area contributed by atoms with Crippen LogP contribution >= 0.6 is 0 Å². The van der Waals surface area contributed by atoms with Crippen LogP contribution in [0.15, 0.2) is 23.0 Å². The lowest BCUT2D eigenvalue weighted by Crippen LogP contribution is -1.88. The molecule has 10 heavy (non-hydrogen) atoms. The van der Waals surface area contributed by atoms with Gasteiger partial charge in [-0.25, -0.2) is 9.97 Å². The number of fused-ring (bicyclic) bond motifs is 1. The summed E-state index contributed by atoms with van der Waals surface area (Å²) in [6.07, 6.45) is 5.31. The van der Waals surface area contributed by atoms with E-state index in [0.29, 0.717) is 0 Å². The van der Waals surface area contributed by atoms with Gasteiger partial charge in [-0.3, -0.25) is 0 Å². The molecule has 0 N–H and O–H groups in total. The van der Waals surface area contributed by atoms with Crippen LogP contribution in [0.1, 0.15) is 5.56 Å². The molecule has 1 aliphatic rings. The largest absolute Gasteiger partial charge is 0.244 e. The monoisotopic (exact) mass is 168 g/mol. The van der Waals surface area contributed by atoms with Crippen LogP contribution in [0.5, 0.6) is 0 Å². The van der Waals surface area contributed by atoms with Gasteiger partial charge in [0.05, 0.1) is 0 Å². The van der Waals surface area contributed by atoms with Crippen molar-refractivity contribution in [1.82, 2.24) is 9.97 Å². The molecule has 0 fully saturated rings. The molecule has 0 saturated heterocycles. The van der Waals surface area contributed by atoms with Crippen LogP contribution in [0.2, 0.25) is 0 Å². The van der Waals surface area contributed by atoms with Crippen LogP contribution in [0, 0.1) is 0 Å². The van der Waals surface area contributed by atoms with E-state index in [1.54, 1.807) is 6.20 Å². The Balaban J connectivity index is 2.70. The fourth-order valence-corrected chi connectivity index (χ4v) is 2.30. The smallest absolute Gasteiger partial charge is 0.116 e. The van der Waals surface area contributed by atoms with E-state index in [2.05, 4.69) is 9.97 Å². The topological polar surface area (TPSA) is 25.8 Å². The quantitative estimate of drug-likeness (QED) is 0.538. The van der Waals surface area contributed by atoms with Gasteiger partial charge in [0.1, 0.15) is 11.4 Å². The summed E-state index contributed by atoms with van der Waals surface area (Å²) < 4.78 is 0. The molecule has 1 unspecified atom stereocenters. The molecule has 2 heterocycles. The van der Waals surface area contributed by atoms with Crippen LogP contribution in [0.4, 0.5) is 0 Å². The Hall–Kier alpha value is -0.610. The molecule has 1 aromatic rings. The van der Waals surface area contributed by atoms with Crippen molar-refractivity contribution in [2.45, 2.75) is 5.03 Å². The van der Waals surface area contributed by atoms with Gasteiger partial charge in [-0.1, -0.05) is 0 Å². The van der Waals surface area contributed by atoms with Crippen molar-refractivity contribution in [2.24, 2.45) is 0 Å². The zero-order valence-electron chi connectivity index (χ0n) is 5.02. The summed E-state index contributed by atoms with van der Waals surface area (Å²) in [6, 6.07) is 0. The maximum absolute atomic E-state index is 5.11. The first kappa shape index (κ1) is 6.12. The molecule has 50 valence electrons. The molecule has 1 atom stereocenters. The van der Waals surface area contributed by atoms with Crippen LogP contribution < -0.4 is 0 Å². The summed E-state index contributed by atoms with van der Waals surface area (Å²) in [5.74, 6) is 0. The van der Waals surface area contributed by atoms with Gasteiger partial charge < -0.3 is 0 Å². The maximum atomic E-state index is 5.11. The molecule has 0 radical (unpaired) electrons. The second-order valence-corrected chi connectivity index (χ2v) is 4.21. The molecule has 2 rings (SSSR count). The van der Waals surface area contributed by atoms with Crippen LogP contribution in [-0.2, 0) is 20.6 Å². The molecule has 0 saturated carbocycles. The van der Waals surface area contributed by atoms with Crippen molar-refractivity contribution in [1.29, 1.82) is 0 Å². The highest BCUT2D eigenvalue weighted by atomic mass is 32.8. The molecular weight excluding hydrogens is 164 g/mol. The average Bonchev–Trinajstić information content (AvgIpc) is 2.34. The minimum absolute atomic E-state index is 0.196. The Morgan fingerprint density at radius 1 is 1.50 bits per heavy atom. The third-order valence-corrected chi connectivity index (χ3v) is 3.18. The minimum Gasteiger partial charge on any atom is -0.244 e. The third kappa shape index (κ3) is 0.803. The Morgan fingerprint density at radius 2 is 2.40 bits per heavy atom. The molecule has 4 heteroatoms. The Morgan fingerprint density at radius 3 is 3.20 bits per heavy atom. The lowest BCUT2D eigenvalue weighted by molar-refractivity contribution is 1.04. The van der Waals surface area contributed by atoms with Crippen molar-refractivity contribution in [2.75, 3.05) is 0 Å². The van der Waals surface area contributed by atoms with Crippen molar-refractivity contribution in [3.63, 3.8) is 0 Å². The summed E-state index contributed by atoms with van der Waals surface area (Å²) in [6.45, 7) is 0. The molecule has 0 bridgehead atoms. The third-order valence-electron chi connectivity index (χ3n) is 1.26. The summed E-state index contributed by atoms with van der Waals surface area (Å²) in [4.78, 5) is 7.96. The molecular formula is C6H4N2S2. The predicted octanol–water partition coefficient (Wildman–Crippen LogP) is 0.900. The highest BCUT2D eigenvalue weighted by Crippen LogP contribution is 2.19. The van der Waals surface area contributed by atoms with Crippen LogP contribution in [-0.4, -0.2) is 9.97 Å². The van der Waals surface area contributed by atoms with Gasteiger partial charge in [0.2, 0.25) is 0 Å². The van der Waals surface area contributed by atoms with Gasteiger partial charge in [0, 0.05) is 11.8 Å². The van der Waals surface area contributed by atoms with Gasteiger partial charge in [-0.15, -0.1) is 0 Å². The average molecular weight is 168 g/mol. The van der Waals surface area contributed by atoms with Gasteiger partial charge in [0.25, 0.3) is 0 Å². The lowest BCUT2D eigenvalue weighted by Gasteiger charge is -1.93. The molecule has 0 aliphatic carbocycles. The highest BCUT2D eigenvalue weighted by Gasteiger charge is 2.08. The van der Waals surface area contributed by atoms with Gasteiger partial charge in [-0.2, -0.15) is 0 Å². The SMILES string of the molecule is S=S1C=Cc2cncnc21. The fraction of sp³-hybridized carbons (Fsp3) is 0. The van der Waals surface area contributed by atoms with E-state index in [1.165, 1.54) is 6.33 Å². The van der Waals surface area contributed by atoms with E-state index in [9.17, 15) is 0 Å². The van der Waals surface area contributed by atoms with Crippen LogP contribution in [0.3, 0.4) is 0 Å². The van der Waals surface area contributed by atoms with Crippen molar-refractivity contribution < 1.29 is 0 Å². The van der Waals surface area contributed by atoms with E-state index < -0.39 is 0 Å². The Kier molecular flexibility index (Phi) is 1.35. The number of hydrogen-bond acceptors (Lipinski definition) is 3. The van der Waals surface area contributed by atoms with Crippen LogP contribution in [0.25, 0.3) is 6.08 Å². The van der Waals surface area contributed by atoms with E-state index in [0.717, 1.165) is 10.6 Å². The zero-order chi connectivity index (χ0) is 6.97. The molecule has 1 aliphatic heterocycles. The summed E-state index contributed by atoms with van der Waals surface area (Å²) in [5, 5.41) is 2.97. The van der Waals surface area contributed by atoms with Gasteiger partial charge >= 0.3 is 0 Å². The highest BCUT2D eigenvalue weighted by molar-refractivity contribution is 8.30. The summed E-state index contributed by atoms with van der Waals surface area (Å²) >= 11 is 5.11. The van der Waals surface area contributed by atoms with E-state index in [1.807, 2.05) is 11.5 Å². The first-order chi connectivity index (χ1) is 4.88. The normalized spacial score (nSPS) is 21.0. The first-order valence-corrected chi connectivity index (χ1v) is 4.98. The molecule has 0 aromatic carbocycles. The number of nitrogens with zero attached hydrogens (tertiary/aromatic N) is 2. The molecule has 2 nitrogen and oxygen atoms in total. The van der Waals surface area contributed by atoms with Gasteiger partial charge in [0.15, 0.2) is 0 Å². The number of hydrogen-bond donors (Lipinski definition) is 0. The molecule has 0 amide bonds. The van der Waals surface area contributed by atoms with E-state index >= 15 is 0 Å². The van der Waals surface area contributed by atoms with Gasteiger partial charge in [-0.05, 0) is 32.1 Å². The second kappa shape index (κ2) is 2.21. The number of aromatic nitrogens is 2. The lowest BCUT2D eigenvalue weighted by atomic mass is 10.3. The summed E-state index contributed by atoms with van der Waals surface area (Å²) in [5.41, 5.74) is 1.07. The second-order valence-electron chi connectivity index (χ2n) is 1.88. The standard InChI is InChI=1S/C6H4N2S2/c9-10-2-1-5-3-7-4-8-6(5)10/h1-4H. The minimum atomic E-state index is -0.196. The molecule has 0 spiro atoms. The predicted molar refractivity (Wildman–Crippen MR) is 44.1 cm³/mol. The Bertz CT molecular complexity index is 319. The van der Waals surface area contributed by atoms with E-state index in [4.69, 9.17) is 11.2 Å². The van der Waals surface area contributed by atoms with Crippen molar-refractivity contribution in [3.8, 4) is 0 Å². The van der Waals surface area contributed by atoms with Crippen molar-refractivity contribution >= 4 is 26.7 Å². The van der Waals surface area contributed by atoms with Crippen molar-refractivity contribution in [3.05, 3.63) is 23.5 Å². The number of rotatable bonds is 0. The Labute approximate surface area is 65.6 Å². The molecule has 1 aromatic heterocycles. The van der Waals surface area contributed by atoms with E-state index in [-0.39, 0.29) is 9.45 Å².